The van der Waals surface area contributed by atoms with Gasteiger partial charge in [0.25, 0.3) is 0 Å². The van der Waals surface area contributed by atoms with Crippen LogP contribution < -0.4 is 4.90 Å². The van der Waals surface area contributed by atoms with Crippen LogP contribution >= 0.6 is 0 Å². The van der Waals surface area contributed by atoms with Crippen LogP contribution in [0.3, 0.4) is 0 Å². The van der Waals surface area contributed by atoms with Crippen molar-refractivity contribution < 1.29 is 19.9 Å². The Kier molecular flexibility index (Phi) is 4.42. The lowest BCUT2D eigenvalue weighted by atomic mass is 9.91. The molecule has 1 fully saturated rings. The first-order valence-corrected chi connectivity index (χ1v) is 6.85. The van der Waals surface area contributed by atoms with Crippen LogP contribution in [0.1, 0.15) is 30.1 Å². The van der Waals surface area contributed by atoms with Crippen LogP contribution in [-0.4, -0.2) is 40.3 Å². The van der Waals surface area contributed by atoms with E-state index in [4.69, 9.17) is 5.11 Å². The Morgan fingerprint density at radius 2 is 2.05 bits per heavy atom. The van der Waals surface area contributed by atoms with Crippen LogP contribution in [0.15, 0.2) is 18.2 Å². The Labute approximate surface area is 122 Å². The maximum atomic E-state index is 11.2. The van der Waals surface area contributed by atoms with Crippen molar-refractivity contribution in [1.29, 1.82) is 0 Å². The fraction of sp³-hybridized carbons (Fsp3) is 0.500. The van der Waals surface area contributed by atoms with E-state index in [9.17, 15) is 20.0 Å². The first-order valence-electron chi connectivity index (χ1n) is 6.85. The average Bonchev–Trinajstić information content (AvgIpc) is 2.46. The van der Waals surface area contributed by atoms with Gasteiger partial charge in [-0.25, -0.2) is 4.79 Å². The number of hydrogen-bond acceptors (Lipinski definition) is 5. The summed E-state index contributed by atoms with van der Waals surface area (Å²) < 4.78 is 0. The topological polar surface area (TPSA) is 104 Å². The second kappa shape index (κ2) is 6.09. The van der Waals surface area contributed by atoms with E-state index in [0.29, 0.717) is 18.8 Å². The molecule has 7 nitrogen and oxygen atoms in total. The number of carbonyl (C=O) groups is 1. The molecule has 1 aromatic rings. The molecule has 0 amide bonds. The second-order valence-corrected chi connectivity index (χ2v) is 5.30. The van der Waals surface area contributed by atoms with Gasteiger partial charge in [-0.2, -0.15) is 0 Å². The largest absolute Gasteiger partial charge is 0.477 e. The monoisotopic (exact) mass is 294 g/mol. The van der Waals surface area contributed by atoms with Gasteiger partial charge in [0.2, 0.25) is 0 Å². The zero-order valence-corrected chi connectivity index (χ0v) is 11.7. The first kappa shape index (κ1) is 15.2. The van der Waals surface area contributed by atoms with Gasteiger partial charge >= 0.3 is 11.7 Å². The summed E-state index contributed by atoms with van der Waals surface area (Å²) in [7, 11) is 0. The third-order valence-electron chi connectivity index (χ3n) is 3.99. The average molecular weight is 294 g/mol. The summed E-state index contributed by atoms with van der Waals surface area (Å²) >= 11 is 0. The predicted octanol–water partition coefficient (Wildman–Crippen LogP) is 1.89. The van der Waals surface area contributed by atoms with Crippen molar-refractivity contribution in [3.63, 3.8) is 0 Å². The van der Waals surface area contributed by atoms with E-state index in [1.807, 2.05) is 4.90 Å². The Morgan fingerprint density at radius 1 is 1.43 bits per heavy atom. The number of benzene rings is 1. The van der Waals surface area contributed by atoms with Crippen LogP contribution in [0.2, 0.25) is 0 Å². The van der Waals surface area contributed by atoms with Gasteiger partial charge in [-0.15, -0.1) is 0 Å². The molecule has 0 spiro atoms. The first-order chi connectivity index (χ1) is 9.91. The normalized spacial score (nSPS) is 17.5. The van der Waals surface area contributed by atoms with Gasteiger partial charge in [0, 0.05) is 13.1 Å². The number of rotatable bonds is 4. The van der Waals surface area contributed by atoms with Crippen LogP contribution in [0.5, 0.6) is 0 Å². The quantitative estimate of drug-likeness (QED) is 0.649. The number of anilines is 1. The van der Waals surface area contributed by atoms with E-state index in [2.05, 4.69) is 0 Å². The number of piperidine rings is 1. The molecule has 1 aromatic carbocycles. The number of nitro groups is 1. The third kappa shape index (κ3) is 3.13. The van der Waals surface area contributed by atoms with Crippen molar-refractivity contribution in [2.75, 3.05) is 18.0 Å². The summed E-state index contributed by atoms with van der Waals surface area (Å²) in [5, 5.41) is 29.9. The summed E-state index contributed by atoms with van der Waals surface area (Å²) in [6.45, 7) is 2.88. The Morgan fingerprint density at radius 3 is 2.52 bits per heavy atom. The number of aliphatic hydroxyl groups excluding tert-OH is 1. The smallest absolute Gasteiger partial charge is 0.342 e. The lowest BCUT2D eigenvalue weighted by molar-refractivity contribution is -0.384. The van der Waals surface area contributed by atoms with E-state index >= 15 is 0 Å². The SMILES string of the molecule is CC(O)C1CCN(c2cccc(C(=O)O)c2[N+](=O)[O-])CC1. The summed E-state index contributed by atoms with van der Waals surface area (Å²) in [6.07, 6.45) is 1.06. The number of nitrogens with zero attached hydrogens (tertiary/aromatic N) is 2. The summed E-state index contributed by atoms with van der Waals surface area (Å²) in [5.41, 5.74) is -0.320. The maximum Gasteiger partial charge on any atom is 0.342 e. The molecule has 1 atom stereocenters. The molecule has 2 rings (SSSR count). The van der Waals surface area contributed by atoms with E-state index < -0.39 is 17.0 Å². The van der Waals surface area contributed by atoms with Crippen LogP contribution in [0, 0.1) is 16.0 Å². The van der Waals surface area contributed by atoms with Gasteiger partial charge in [0.15, 0.2) is 0 Å². The highest BCUT2D eigenvalue weighted by atomic mass is 16.6. The molecule has 0 saturated carbocycles. The van der Waals surface area contributed by atoms with E-state index in [1.54, 1.807) is 13.0 Å². The molecule has 1 aliphatic rings. The number of nitro benzene ring substituents is 1. The fourth-order valence-electron chi connectivity index (χ4n) is 2.77. The maximum absolute atomic E-state index is 11.2. The van der Waals surface area contributed by atoms with Crippen molar-refractivity contribution in [1.82, 2.24) is 0 Å². The van der Waals surface area contributed by atoms with E-state index in [0.717, 1.165) is 12.8 Å². The fourth-order valence-corrected chi connectivity index (χ4v) is 2.77. The van der Waals surface area contributed by atoms with E-state index in [1.165, 1.54) is 12.1 Å². The van der Waals surface area contributed by atoms with E-state index in [-0.39, 0.29) is 17.2 Å². The van der Waals surface area contributed by atoms with Crippen LogP contribution in [0.25, 0.3) is 0 Å². The number of aliphatic hydroxyl groups is 1. The number of para-hydroxylation sites is 1. The van der Waals surface area contributed by atoms with Gasteiger partial charge in [-0.05, 0) is 37.8 Å². The van der Waals surface area contributed by atoms with Crippen molar-refractivity contribution in [2.24, 2.45) is 5.92 Å². The van der Waals surface area contributed by atoms with Gasteiger partial charge in [0.1, 0.15) is 11.3 Å². The summed E-state index contributed by atoms with van der Waals surface area (Å²) in [4.78, 5) is 23.6. The summed E-state index contributed by atoms with van der Waals surface area (Å²) in [6, 6.07) is 4.34. The van der Waals surface area contributed by atoms with Gasteiger partial charge in [-0.3, -0.25) is 10.1 Å². The third-order valence-corrected chi connectivity index (χ3v) is 3.99. The molecule has 1 unspecified atom stereocenters. The highest BCUT2D eigenvalue weighted by Gasteiger charge is 2.30. The molecule has 21 heavy (non-hydrogen) atoms. The number of carboxylic acid groups (broad SMARTS) is 1. The number of hydrogen-bond donors (Lipinski definition) is 2. The molecule has 2 N–H and O–H groups in total. The Hall–Kier alpha value is -2.15. The highest BCUT2D eigenvalue weighted by molar-refractivity contribution is 5.95. The molecule has 0 aromatic heterocycles. The second-order valence-electron chi connectivity index (χ2n) is 5.30. The van der Waals surface area contributed by atoms with Gasteiger partial charge < -0.3 is 15.1 Å². The molecule has 0 radical (unpaired) electrons. The molecule has 0 bridgehead atoms. The molecule has 0 aliphatic carbocycles. The zero-order valence-electron chi connectivity index (χ0n) is 11.7. The molecule has 1 aliphatic heterocycles. The highest BCUT2D eigenvalue weighted by Crippen LogP contribution is 2.34. The van der Waals surface area contributed by atoms with Crippen molar-refractivity contribution in [2.45, 2.75) is 25.9 Å². The van der Waals surface area contributed by atoms with Gasteiger partial charge in [-0.1, -0.05) is 6.07 Å². The van der Waals surface area contributed by atoms with Crippen LogP contribution in [0.4, 0.5) is 11.4 Å². The van der Waals surface area contributed by atoms with Crippen LogP contribution in [-0.2, 0) is 0 Å². The molecular weight excluding hydrogens is 276 g/mol. The molecular formula is C14H18N2O5. The lowest BCUT2D eigenvalue weighted by Gasteiger charge is -2.34. The molecule has 1 saturated heterocycles. The number of aromatic carboxylic acids is 1. The Bertz CT molecular complexity index is 550. The minimum absolute atomic E-state index is 0.183. The lowest BCUT2D eigenvalue weighted by Crippen LogP contribution is -2.37. The van der Waals surface area contributed by atoms with Crippen molar-refractivity contribution >= 4 is 17.3 Å². The van der Waals surface area contributed by atoms with Crippen molar-refractivity contribution in [3.8, 4) is 0 Å². The minimum Gasteiger partial charge on any atom is -0.477 e. The molecule has 114 valence electrons. The molecule has 7 heteroatoms. The predicted molar refractivity (Wildman–Crippen MR) is 76.7 cm³/mol. The minimum atomic E-state index is -1.30. The van der Waals surface area contributed by atoms with Crippen molar-refractivity contribution in [3.05, 3.63) is 33.9 Å². The number of carboxylic acids is 1. The summed E-state index contributed by atoms with van der Waals surface area (Å²) in [5.74, 6) is -1.12. The standard InChI is InChI=1S/C14H18N2O5/c1-9(17)10-5-7-15(8-6-10)12-4-2-3-11(14(18)19)13(12)16(20)21/h2-4,9-10,17H,5-8H2,1H3,(H,18,19). The Balaban J connectivity index is 2.31. The zero-order chi connectivity index (χ0) is 15.6. The van der Waals surface area contributed by atoms with Gasteiger partial charge in [0.05, 0.1) is 11.0 Å². The molecule has 1 heterocycles.